The highest BCUT2D eigenvalue weighted by Gasteiger charge is 2.02. The van der Waals surface area contributed by atoms with Gasteiger partial charge in [0.1, 0.15) is 12.4 Å². The molecule has 0 heterocycles. The number of rotatable bonds is 5. The Morgan fingerprint density at radius 3 is 2.50 bits per heavy atom. The topological polar surface area (TPSA) is 50.4 Å². The van der Waals surface area contributed by atoms with Gasteiger partial charge >= 0.3 is 6.03 Å². The molecule has 0 saturated heterocycles. The first-order valence-corrected chi connectivity index (χ1v) is 6.54. The van der Waals surface area contributed by atoms with Gasteiger partial charge in [0.25, 0.3) is 0 Å². The van der Waals surface area contributed by atoms with Gasteiger partial charge in [-0.25, -0.2) is 4.79 Å². The van der Waals surface area contributed by atoms with Gasteiger partial charge in [0, 0.05) is 5.69 Å². The van der Waals surface area contributed by atoms with Crippen molar-refractivity contribution in [1.29, 1.82) is 0 Å². The molecule has 20 heavy (non-hydrogen) atoms. The molecule has 2 rings (SSSR count). The van der Waals surface area contributed by atoms with Gasteiger partial charge in [-0.2, -0.15) is 0 Å². The highest BCUT2D eigenvalue weighted by atomic mass is 16.5. The van der Waals surface area contributed by atoms with Crippen molar-refractivity contribution in [2.75, 3.05) is 18.5 Å². The summed E-state index contributed by atoms with van der Waals surface area (Å²) < 4.78 is 5.49. The summed E-state index contributed by atoms with van der Waals surface area (Å²) in [4.78, 5) is 11.7. The van der Waals surface area contributed by atoms with Crippen molar-refractivity contribution in [1.82, 2.24) is 5.32 Å². The summed E-state index contributed by atoms with van der Waals surface area (Å²) in [5, 5.41) is 5.56. The molecule has 0 aliphatic carbocycles. The van der Waals surface area contributed by atoms with E-state index in [0.29, 0.717) is 13.2 Å². The molecule has 0 aliphatic rings. The molecule has 2 aromatic carbocycles. The number of hydrogen-bond acceptors (Lipinski definition) is 2. The Bertz CT molecular complexity index is 555. The van der Waals surface area contributed by atoms with Crippen LogP contribution in [0.5, 0.6) is 5.75 Å². The van der Waals surface area contributed by atoms with Crippen LogP contribution in [0.1, 0.15) is 5.56 Å². The molecular formula is C16H18N2O2. The number of anilines is 1. The Kier molecular flexibility index (Phi) is 5.00. The second-order valence-corrected chi connectivity index (χ2v) is 4.36. The predicted molar refractivity (Wildman–Crippen MR) is 80.1 cm³/mol. The van der Waals surface area contributed by atoms with Crippen LogP contribution in [0.25, 0.3) is 0 Å². The summed E-state index contributed by atoms with van der Waals surface area (Å²) in [7, 11) is 0. The molecule has 0 spiro atoms. The van der Waals surface area contributed by atoms with Crippen LogP contribution in [0, 0.1) is 6.92 Å². The quantitative estimate of drug-likeness (QED) is 0.820. The fraction of sp³-hybridized carbons (Fsp3) is 0.188. The Labute approximate surface area is 118 Å². The van der Waals surface area contributed by atoms with E-state index < -0.39 is 0 Å². The molecule has 2 N–H and O–H groups in total. The van der Waals surface area contributed by atoms with E-state index >= 15 is 0 Å². The maximum Gasteiger partial charge on any atom is 0.319 e. The third-order valence-electron chi connectivity index (χ3n) is 2.79. The molecule has 0 saturated carbocycles. The molecule has 0 bridgehead atoms. The number of nitrogens with one attached hydrogen (secondary N) is 2. The third kappa shape index (κ3) is 4.31. The van der Waals surface area contributed by atoms with Crippen molar-refractivity contribution in [2.45, 2.75) is 6.92 Å². The van der Waals surface area contributed by atoms with E-state index in [1.54, 1.807) is 0 Å². The number of amides is 2. The van der Waals surface area contributed by atoms with Crippen molar-refractivity contribution in [3.05, 3.63) is 60.2 Å². The molecule has 0 atom stereocenters. The third-order valence-corrected chi connectivity index (χ3v) is 2.79. The van der Waals surface area contributed by atoms with Gasteiger partial charge < -0.3 is 15.4 Å². The van der Waals surface area contributed by atoms with Crippen LogP contribution >= 0.6 is 0 Å². The van der Waals surface area contributed by atoms with Crippen molar-refractivity contribution in [3.63, 3.8) is 0 Å². The van der Waals surface area contributed by atoms with Gasteiger partial charge in [0.2, 0.25) is 0 Å². The van der Waals surface area contributed by atoms with E-state index in [1.165, 1.54) is 0 Å². The molecule has 2 amide bonds. The van der Waals surface area contributed by atoms with Gasteiger partial charge in [-0.15, -0.1) is 0 Å². The minimum Gasteiger partial charge on any atom is -0.492 e. The summed E-state index contributed by atoms with van der Waals surface area (Å²) in [6.07, 6.45) is 0. The monoisotopic (exact) mass is 270 g/mol. The molecule has 0 unspecified atom stereocenters. The van der Waals surface area contributed by atoms with Crippen LogP contribution < -0.4 is 15.4 Å². The average Bonchev–Trinajstić information content (AvgIpc) is 2.47. The molecule has 2 aromatic rings. The maximum absolute atomic E-state index is 11.7. The van der Waals surface area contributed by atoms with Gasteiger partial charge in [0.05, 0.1) is 6.54 Å². The van der Waals surface area contributed by atoms with Crippen LogP contribution in [-0.2, 0) is 0 Å². The number of ether oxygens (including phenoxy) is 1. The standard InChI is InChI=1S/C16H18N2O2/c1-13-7-5-6-10-15(13)18-16(19)17-11-12-20-14-8-3-2-4-9-14/h2-10H,11-12H2,1H3,(H2,17,18,19). The summed E-state index contributed by atoms with van der Waals surface area (Å²) in [6.45, 7) is 2.84. The Morgan fingerprint density at radius 2 is 1.75 bits per heavy atom. The lowest BCUT2D eigenvalue weighted by atomic mass is 10.2. The molecule has 0 fully saturated rings. The number of benzene rings is 2. The first kappa shape index (κ1) is 13.9. The number of carbonyl (C=O) groups excluding carboxylic acids is 1. The van der Waals surface area contributed by atoms with Crippen molar-refractivity contribution >= 4 is 11.7 Å². The van der Waals surface area contributed by atoms with Crippen LogP contribution in [-0.4, -0.2) is 19.2 Å². The lowest BCUT2D eigenvalue weighted by Crippen LogP contribution is -2.32. The Hall–Kier alpha value is -2.49. The fourth-order valence-corrected chi connectivity index (χ4v) is 1.73. The number of carbonyl (C=O) groups is 1. The Morgan fingerprint density at radius 1 is 1.05 bits per heavy atom. The zero-order chi connectivity index (χ0) is 14.2. The van der Waals surface area contributed by atoms with E-state index in [2.05, 4.69) is 10.6 Å². The van der Waals surface area contributed by atoms with Crippen LogP contribution in [0.4, 0.5) is 10.5 Å². The number of hydrogen-bond donors (Lipinski definition) is 2. The lowest BCUT2D eigenvalue weighted by Gasteiger charge is -2.10. The molecule has 0 radical (unpaired) electrons. The van der Waals surface area contributed by atoms with Crippen molar-refractivity contribution in [3.8, 4) is 5.75 Å². The fourth-order valence-electron chi connectivity index (χ4n) is 1.73. The van der Waals surface area contributed by atoms with Crippen molar-refractivity contribution in [2.24, 2.45) is 0 Å². The molecule has 0 aromatic heterocycles. The zero-order valence-electron chi connectivity index (χ0n) is 11.4. The second kappa shape index (κ2) is 7.19. The summed E-state index contributed by atoms with van der Waals surface area (Å²) in [6, 6.07) is 16.9. The maximum atomic E-state index is 11.7. The van der Waals surface area contributed by atoms with Gasteiger partial charge in [-0.1, -0.05) is 36.4 Å². The highest BCUT2D eigenvalue weighted by Crippen LogP contribution is 2.12. The number of aryl methyl sites for hydroxylation is 1. The van der Waals surface area contributed by atoms with Gasteiger partial charge in [-0.3, -0.25) is 0 Å². The SMILES string of the molecule is Cc1ccccc1NC(=O)NCCOc1ccccc1. The van der Waals surface area contributed by atoms with Crippen molar-refractivity contribution < 1.29 is 9.53 Å². The van der Waals surface area contributed by atoms with E-state index in [9.17, 15) is 4.79 Å². The van der Waals surface area contributed by atoms with Crippen LogP contribution in [0.3, 0.4) is 0 Å². The smallest absolute Gasteiger partial charge is 0.319 e. The Balaban J connectivity index is 1.69. The molecule has 4 heteroatoms. The van der Waals surface area contributed by atoms with E-state index in [0.717, 1.165) is 17.0 Å². The van der Waals surface area contributed by atoms with E-state index in [4.69, 9.17) is 4.74 Å². The molecular weight excluding hydrogens is 252 g/mol. The van der Waals surface area contributed by atoms with Gasteiger partial charge in [-0.05, 0) is 30.7 Å². The summed E-state index contributed by atoms with van der Waals surface area (Å²) in [5.74, 6) is 0.800. The van der Waals surface area contributed by atoms with Gasteiger partial charge in [0.15, 0.2) is 0 Å². The highest BCUT2D eigenvalue weighted by molar-refractivity contribution is 5.89. The van der Waals surface area contributed by atoms with Crippen LogP contribution in [0.2, 0.25) is 0 Å². The molecule has 104 valence electrons. The summed E-state index contributed by atoms with van der Waals surface area (Å²) in [5.41, 5.74) is 1.84. The van der Waals surface area contributed by atoms with E-state index in [-0.39, 0.29) is 6.03 Å². The predicted octanol–water partition coefficient (Wildman–Crippen LogP) is 3.20. The lowest BCUT2D eigenvalue weighted by molar-refractivity contribution is 0.247. The minimum atomic E-state index is -0.226. The number of urea groups is 1. The first-order chi connectivity index (χ1) is 9.75. The van der Waals surface area contributed by atoms with E-state index in [1.807, 2.05) is 61.5 Å². The normalized spacial score (nSPS) is 9.85. The zero-order valence-corrected chi connectivity index (χ0v) is 11.4. The number of para-hydroxylation sites is 2. The molecule has 4 nitrogen and oxygen atoms in total. The minimum absolute atomic E-state index is 0.226. The first-order valence-electron chi connectivity index (χ1n) is 6.54. The summed E-state index contributed by atoms with van der Waals surface area (Å²) >= 11 is 0. The molecule has 0 aliphatic heterocycles. The second-order valence-electron chi connectivity index (χ2n) is 4.36. The van der Waals surface area contributed by atoms with Crippen LogP contribution in [0.15, 0.2) is 54.6 Å². The average molecular weight is 270 g/mol. The largest absolute Gasteiger partial charge is 0.492 e.